The minimum absolute atomic E-state index is 0.0852. The summed E-state index contributed by atoms with van der Waals surface area (Å²) >= 11 is 0. The van der Waals surface area contributed by atoms with Crippen molar-refractivity contribution in [3.63, 3.8) is 0 Å². The van der Waals surface area contributed by atoms with Gasteiger partial charge in [-0.3, -0.25) is 37.3 Å². The molecule has 0 aliphatic carbocycles. The fraction of sp³-hybridized carbons (Fsp3) is 0.900. The number of rotatable bonds is 77. The zero-order chi connectivity index (χ0) is 72.8. The molecule has 0 fully saturated rings. The molecule has 0 amide bonds. The molecule has 5 atom stereocenters. The maximum Gasteiger partial charge on any atom is 0.472 e. The van der Waals surface area contributed by atoms with Gasteiger partial charge in [0.1, 0.15) is 19.3 Å². The fourth-order valence-corrected chi connectivity index (χ4v) is 13.4. The normalized spacial score (nSPS) is 14.1. The number of phosphoric ester groups is 2. The highest BCUT2D eigenvalue weighted by Crippen LogP contribution is 2.45. The van der Waals surface area contributed by atoms with Crippen LogP contribution in [-0.4, -0.2) is 96.7 Å². The third kappa shape index (κ3) is 73.6. The molecule has 0 aromatic heterocycles. The topological polar surface area (TPSA) is 237 Å². The Bertz CT molecular complexity index is 2000. The number of hydrogen-bond acceptors (Lipinski definition) is 15. The molecule has 2 unspecified atom stereocenters. The van der Waals surface area contributed by atoms with Crippen LogP contribution < -0.4 is 0 Å². The minimum Gasteiger partial charge on any atom is -0.462 e. The smallest absolute Gasteiger partial charge is 0.462 e. The summed E-state index contributed by atoms with van der Waals surface area (Å²) in [5, 5.41) is 10.6. The molecule has 0 aliphatic rings. The molecule has 3 N–H and O–H groups in total. The number of phosphoric acid groups is 2. The molecule has 0 radical (unpaired) electrons. The first-order chi connectivity index (χ1) is 47.9. The van der Waals surface area contributed by atoms with Gasteiger partial charge in [0.15, 0.2) is 12.2 Å². The van der Waals surface area contributed by atoms with Crippen molar-refractivity contribution in [3.8, 4) is 0 Å². The summed E-state index contributed by atoms with van der Waals surface area (Å²) in [6, 6.07) is 0. The number of hydrogen-bond donors (Lipinski definition) is 3. The summed E-state index contributed by atoms with van der Waals surface area (Å²) in [4.78, 5) is 72.9. The van der Waals surface area contributed by atoms with Gasteiger partial charge in [-0.1, -0.05) is 342 Å². The predicted molar refractivity (Wildman–Crippen MR) is 404 cm³/mol. The SMILES string of the molecule is CCCCCC/C=C\C=C/CCCCCCCC(=O)O[C@H](COC(=O)CCCCCCCCCCCC)COP(=O)(O)OC[C@H](O)COP(=O)(O)OC[C@@H](COC(=O)CCCCCCCCCCCCCCCC(C)C)OC(=O)CCCCCCCCCCCCCCCCCC(C)C. The lowest BCUT2D eigenvalue weighted by Gasteiger charge is -2.21. The van der Waals surface area contributed by atoms with E-state index in [4.69, 9.17) is 37.0 Å². The molecule has 0 rings (SSSR count). The molecule has 0 heterocycles. The van der Waals surface area contributed by atoms with Crippen LogP contribution in [0.2, 0.25) is 0 Å². The predicted octanol–water partition coefficient (Wildman–Crippen LogP) is 23.4. The number of esters is 4. The highest BCUT2D eigenvalue weighted by atomic mass is 31.2. The summed E-state index contributed by atoms with van der Waals surface area (Å²) < 4.78 is 68.6. The first kappa shape index (κ1) is 96.5. The maximum atomic E-state index is 13.1. The summed E-state index contributed by atoms with van der Waals surface area (Å²) in [6.07, 6.45) is 63.1. The quantitative estimate of drug-likeness (QED) is 0.0169. The van der Waals surface area contributed by atoms with Crippen LogP contribution in [0, 0.1) is 11.8 Å². The van der Waals surface area contributed by atoms with E-state index in [1.54, 1.807) is 0 Å². The van der Waals surface area contributed by atoms with Crippen molar-refractivity contribution < 1.29 is 80.2 Å². The fourth-order valence-electron chi connectivity index (χ4n) is 11.8. The molecular weight excluding hydrogens is 1290 g/mol. The molecule has 0 aromatic rings. The Morgan fingerprint density at radius 3 is 0.828 bits per heavy atom. The number of allylic oxidation sites excluding steroid dienone is 4. The van der Waals surface area contributed by atoms with Crippen LogP contribution in [0.3, 0.4) is 0 Å². The van der Waals surface area contributed by atoms with Crippen LogP contribution in [0.15, 0.2) is 24.3 Å². The number of ether oxygens (including phenoxy) is 4. The van der Waals surface area contributed by atoms with Crippen LogP contribution in [-0.2, 0) is 65.4 Å². The van der Waals surface area contributed by atoms with Gasteiger partial charge < -0.3 is 33.8 Å². The van der Waals surface area contributed by atoms with Gasteiger partial charge in [-0.05, 0) is 63.2 Å². The first-order valence-corrected chi connectivity index (χ1v) is 43.8. The zero-order valence-corrected chi connectivity index (χ0v) is 66.1. The summed E-state index contributed by atoms with van der Waals surface area (Å²) in [5.74, 6) is -0.549. The third-order valence-electron chi connectivity index (χ3n) is 18.1. The Labute approximate surface area is 605 Å². The highest BCUT2D eigenvalue weighted by Gasteiger charge is 2.30. The van der Waals surface area contributed by atoms with Crippen LogP contribution in [0.5, 0.6) is 0 Å². The van der Waals surface area contributed by atoms with Crippen molar-refractivity contribution in [3.05, 3.63) is 24.3 Å². The molecule has 0 spiro atoms. The standard InChI is InChI=1S/C80H152O17P2/c1-7-9-11-13-15-17-19-20-22-28-34-40-46-52-58-64-79(84)96-75(68-90-77(82)62-56-50-44-38-18-16-14-12-10-8-2)70-94-98(86,87)92-66-74(81)67-93-99(88,89)95-71-76(69-91-78(83)63-57-51-45-39-33-30-25-27-32-37-43-49-55-61-73(5)6)97-80(85)65-59-53-47-41-35-29-24-21-23-26-31-36-42-48-54-60-72(3)4/h17,19-20,22,72-76,81H,7-16,18,21,23-71H2,1-6H3,(H,86,87)(H,88,89)/b19-17-,22-20-/t74-,75+,76+/m0/s1. The van der Waals surface area contributed by atoms with E-state index in [-0.39, 0.29) is 25.7 Å². The Kier molecular flexibility index (Phi) is 69.4. The zero-order valence-electron chi connectivity index (χ0n) is 64.3. The second-order valence-corrected chi connectivity index (χ2v) is 32.0. The average molecular weight is 1450 g/mol. The van der Waals surface area contributed by atoms with Crippen molar-refractivity contribution in [2.45, 2.75) is 413 Å². The van der Waals surface area contributed by atoms with Gasteiger partial charge in [0.05, 0.1) is 26.4 Å². The van der Waals surface area contributed by atoms with Gasteiger partial charge in [-0.2, -0.15) is 0 Å². The lowest BCUT2D eigenvalue weighted by Crippen LogP contribution is -2.30. The first-order valence-electron chi connectivity index (χ1n) is 40.8. The van der Waals surface area contributed by atoms with Crippen LogP contribution >= 0.6 is 15.6 Å². The molecule has 0 aromatic carbocycles. The second-order valence-electron chi connectivity index (χ2n) is 29.1. The maximum absolute atomic E-state index is 13.1. The molecular formula is C80H152O17P2. The van der Waals surface area contributed by atoms with Gasteiger partial charge >= 0.3 is 39.5 Å². The number of aliphatic hydroxyl groups is 1. The lowest BCUT2D eigenvalue weighted by molar-refractivity contribution is -0.161. The van der Waals surface area contributed by atoms with E-state index in [0.29, 0.717) is 25.7 Å². The van der Waals surface area contributed by atoms with E-state index < -0.39 is 97.5 Å². The number of carbonyl (C=O) groups is 4. The van der Waals surface area contributed by atoms with Gasteiger partial charge in [-0.25, -0.2) is 9.13 Å². The van der Waals surface area contributed by atoms with E-state index >= 15 is 0 Å². The Balaban J connectivity index is 5.28. The highest BCUT2D eigenvalue weighted by molar-refractivity contribution is 7.47. The Hall–Kier alpha value is -2.46. The van der Waals surface area contributed by atoms with Crippen LogP contribution in [0.4, 0.5) is 0 Å². The van der Waals surface area contributed by atoms with E-state index in [1.165, 1.54) is 199 Å². The Morgan fingerprint density at radius 2 is 0.545 bits per heavy atom. The van der Waals surface area contributed by atoms with Crippen molar-refractivity contribution >= 4 is 39.5 Å². The van der Waals surface area contributed by atoms with Crippen molar-refractivity contribution in [1.82, 2.24) is 0 Å². The van der Waals surface area contributed by atoms with Gasteiger partial charge in [0.25, 0.3) is 0 Å². The van der Waals surface area contributed by atoms with E-state index in [9.17, 15) is 43.2 Å². The molecule has 0 saturated heterocycles. The number of unbranched alkanes of at least 4 members (excludes halogenated alkanes) is 44. The molecule has 19 heteroatoms. The molecule has 17 nitrogen and oxygen atoms in total. The summed E-state index contributed by atoms with van der Waals surface area (Å²) in [6.45, 7) is 9.60. The van der Waals surface area contributed by atoms with E-state index in [0.717, 1.165) is 115 Å². The largest absolute Gasteiger partial charge is 0.472 e. The van der Waals surface area contributed by atoms with E-state index in [2.05, 4.69) is 65.8 Å². The van der Waals surface area contributed by atoms with Gasteiger partial charge in [0, 0.05) is 25.7 Å². The third-order valence-corrected chi connectivity index (χ3v) is 20.0. The van der Waals surface area contributed by atoms with Crippen molar-refractivity contribution in [2.24, 2.45) is 11.8 Å². The van der Waals surface area contributed by atoms with Crippen LogP contribution in [0.1, 0.15) is 395 Å². The molecule has 0 bridgehead atoms. The van der Waals surface area contributed by atoms with Crippen molar-refractivity contribution in [1.29, 1.82) is 0 Å². The minimum atomic E-state index is -4.97. The second kappa shape index (κ2) is 71.2. The Morgan fingerprint density at radius 1 is 0.313 bits per heavy atom. The van der Waals surface area contributed by atoms with Gasteiger partial charge in [0.2, 0.25) is 0 Å². The average Bonchev–Trinajstić information content (AvgIpc) is 0.967. The lowest BCUT2D eigenvalue weighted by atomic mass is 10.0. The van der Waals surface area contributed by atoms with Crippen molar-refractivity contribution in [2.75, 3.05) is 39.6 Å². The van der Waals surface area contributed by atoms with Gasteiger partial charge in [-0.15, -0.1) is 0 Å². The van der Waals surface area contributed by atoms with Crippen LogP contribution in [0.25, 0.3) is 0 Å². The monoisotopic (exact) mass is 1450 g/mol. The van der Waals surface area contributed by atoms with E-state index in [1.807, 2.05) is 0 Å². The molecule has 584 valence electrons. The molecule has 0 aliphatic heterocycles. The number of aliphatic hydroxyl groups excluding tert-OH is 1. The molecule has 0 saturated carbocycles. The number of carbonyl (C=O) groups excluding carboxylic acids is 4. The molecule has 99 heavy (non-hydrogen) atoms. The summed E-state index contributed by atoms with van der Waals surface area (Å²) in [5.41, 5.74) is 0. The summed E-state index contributed by atoms with van der Waals surface area (Å²) in [7, 11) is -9.93.